The van der Waals surface area contributed by atoms with Crippen molar-refractivity contribution >= 4 is 11.7 Å². The second-order valence-electron chi connectivity index (χ2n) is 5.27. The fourth-order valence-electron chi connectivity index (χ4n) is 2.52. The average molecular weight is 277 g/mol. The number of nitrogens with two attached hydrogens (primary N) is 1. The monoisotopic (exact) mass is 277 g/mol. The van der Waals surface area contributed by atoms with Crippen LogP contribution in [0.2, 0.25) is 0 Å². The topological polar surface area (TPSA) is 84.1 Å². The molecule has 2 rings (SSSR count). The van der Waals surface area contributed by atoms with Crippen molar-refractivity contribution in [2.24, 2.45) is 5.73 Å². The molecule has 1 amide bonds. The summed E-state index contributed by atoms with van der Waals surface area (Å²) in [7, 11) is 0. The first-order valence-corrected chi connectivity index (χ1v) is 7.29. The van der Waals surface area contributed by atoms with Gasteiger partial charge in [0.05, 0.1) is 6.04 Å². The molecule has 0 spiro atoms. The van der Waals surface area contributed by atoms with Gasteiger partial charge in [0.25, 0.3) is 0 Å². The second kappa shape index (κ2) is 7.19. The number of anilines is 1. The lowest BCUT2D eigenvalue weighted by Crippen LogP contribution is -2.52. The van der Waals surface area contributed by atoms with Crippen LogP contribution in [-0.4, -0.2) is 41.3 Å². The third-order valence-electron chi connectivity index (χ3n) is 3.59. The van der Waals surface area contributed by atoms with Crippen molar-refractivity contribution in [2.75, 3.05) is 18.0 Å². The summed E-state index contributed by atoms with van der Waals surface area (Å²) in [5, 5.41) is 11.1. The van der Waals surface area contributed by atoms with Gasteiger partial charge in [0.15, 0.2) is 5.82 Å². The van der Waals surface area contributed by atoms with Crippen LogP contribution in [0.1, 0.15) is 32.6 Å². The molecule has 110 valence electrons. The Hall–Kier alpha value is -1.69. The normalized spacial score (nSPS) is 20.5. The highest BCUT2D eigenvalue weighted by molar-refractivity contribution is 5.81. The molecule has 2 heterocycles. The molecule has 0 radical (unpaired) electrons. The number of rotatable bonds is 5. The number of amides is 1. The largest absolute Gasteiger partial charge is 0.353 e. The zero-order chi connectivity index (χ0) is 14.4. The van der Waals surface area contributed by atoms with Crippen molar-refractivity contribution in [1.82, 2.24) is 15.5 Å². The maximum absolute atomic E-state index is 12.0. The van der Waals surface area contributed by atoms with Crippen LogP contribution in [0.5, 0.6) is 0 Å². The fraction of sp³-hybridized carbons (Fsp3) is 0.643. The third-order valence-corrected chi connectivity index (χ3v) is 3.59. The lowest BCUT2D eigenvalue weighted by molar-refractivity contribution is -0.123. The van der Waals surface area contributed by atoms with Gasteiger partial charge in [-0.15, -0.1) is 5.10 Å². The Morgan fingerprint density at radius 3 is 3.20 bits per heavy atom. The molecule has 20 heavy (non-hydrogen) atoms. The maximum atomic E-state index is 12.0. The van der Waals surface area contributed by atoms with Gasteiger partial charge < -0.3 is 16.0 Å². The molecule has 0 bridgehead atoms. The van der Waals surface area contributed by atoms with Gasteiger partial charge in [-0.2, -0.15) is 5.10 Å². The molecule has 0 aliphatic carbocycles. The minimum atomic E-state index is -0.396. The van der Waals surface area contributed by atoms with Gasteiger partial charge >= 0.3 is 0 Å². The van der Waals surface area contributed by atoms with Crippen molar-refractivity contribution in [3.8, 4) is 0 Å². The highest BCUT2D eigenvalue weighted by Gasteiger charge is 2.24. The molecule has 1 aliphatic rings. The van der Waals surface area contributed by atoms with Crippen molar-refractivity contribution in [2.45, 2.75) is 44.7 Å². The second-order valence-corrected chi connectivity index (χ2v) is 5.27. The minimum Gasteiger partial charge on any atom is -0.353 e. The SMILES string of the molecule is CCCC(N)C(=O)NC1CCCN(c2cccnn2)C1. The van der Waals surface area contributed by atoms with Gasteiger partial charge in [-0.25, -0.2) is 0 Å². The molecule has 1 saturated heterocycles. The van der Waals surface area contributed by atoms with E-state index < -0.39 is 6.04 Å². The molecular weight excluding hydrogens is 254 g/mol. The Kier molecular flexibility index (Phi) is 5.29. The lowest BCUT2D eigenvalue weighted by atomic mass is 10.0. The smallest absolute Gasteiger partial charge is 0.237 e. The zero-order valence-electron chi connectivity index (χ0n) is 12.0. The molecule has 3 N–H and O–H groups in total. The van der Waals surface area contributed by atoms with E-state index in [2.05, 4.69) is 20.4 Å². The van der Waals surface area contributed by atoms with E-state index in [-0.39, 0.29) is 11.9 Å². The highest BCUT2D eigenvalue weighted by Crippen LogP contribution is 2.16. The van der Waals surface area contributed by atoms with E-state index in [1.807, 2.05) is 19.1 Å². The van der Waals surface area contributed by atoms with E-state index in [1.54, 1.807) is 6.20 Å². The van der Waals surface area contributed by atoms with E-state index >= 15 is 0 Å². The van der Waals surface area contributed by atoms with Crippen LogP contribution in [0.25, 0.3) is 0 Å². The van der Waals surface area contributed by atoms with Crippen LogP contribution in [0.4, 0.5) is 5.82 Å². The summed E-state index contributed by atoms with van der Waals surface area (Å²) < 4.78 is 0. The van der Waals surface area contributed by atoms with Gasteiger partial charge in [-0.05, 0) is 31.4 Å². The Bertz CT molecular complexity index is 425. The van der Waals surface area contributed by atoms with Crippen LogP contribution in [-0.2, 0) is 4.79 Å². The number of hydrogen-bond acceptors (Lipinski definition) is 5. The van der Waals surface area contributed by atoms with Gasteiger partial charge in [0.2, 0.25) is 5.91 Å². The van der Waals surface area contributed by atoms with E-state index in [0.717, 1.165) is 44.6 Å². The van der Waals surface area contributed by atoms with Gasteiger partial charge in [-0.1, -0.05) is 13.3 Å². The summed E-state index contributed by atoms with van der Waals surface area (Å²) in [6, 6.07) is 3.56. The van der Waals surface area contributed by atoms with Crippen LogP contribution in [0, 0.1) is 0 Å². The number of nitrogens with one attached hydrogen (secondary N) is 1. The molecule has 2 atom stereocenters. The number of hydrogen-bond donors (Lipinski definition) is 2. The summed E-state index contributed by atoms with van der Waals surface area (Å²) in [5.74, 6) is 0.821. The fourth-order valence-corrected chi connectivity index (χ4v) is 2.52. The van der Waals surface area contributed by atoms with Gasteiger partial charge in [0, 0.05) is 25.3 Å². The van der Waals surface area contributed by atoms with E-state index in [4.69, 9.17) is 5.73 Å². The van der Waals surface area contributed by atoms with Crippen molar-refractivity contribution < 1.29 is 4.79 Å². The molecule has 1 aliphatic heterocycles. The summed E-state index contributed by atoms with van der Waals surface area (Å²) in [4.78, 5) is 14.1. The van der Waals surface area contributed by atoms with Crippen molar-refractivity contribution in [3.63, 3.8) is 0 Å². The number of carbonyl (C=O) groups is 1. The van der Waals surface area contributed by atoms with Crippen LogP contribution in [0.15, 0.2) is 18.3 Å². The van der Waals surface area contributed by atoms with Gasteiger partial charge in [0.1, 0.15) is 0 Å². The highest BCUT2D eigenvalue weighted by atomic mass is 16.2. The van der Waals surface area contributed by atoms with E-state index in [9.17, 15) is 4.79 Å². The average Bonchev–Trinajstić information content (AvgIpc) is 2.48. The van der Waals surface area contributed by atoms with Gasteiger partial charge in [-0.3, -0.25) is 4.79 Å². The summed E-state index contributed by atoms with van der Waals surface area (Å²) in [6.07, 6.45) is 5.33. The van der Waals surface area contributed by atoms with Crippen molar-refractivity contribution in [1.29, 1.82) is 0 Å². The maximum Gasteiger partial charge on any atom is 0.237 e. The predicted molar refractivity (Wildman–Crippen MR) is 78.3 cm³/mol. The molecule has 1 fully saturated rings. The standard InChI is InChI=1S/C14H23N5O/c1-2-5-12(15)14(20)17-11-6-4-9-19(10-11)13-7-3-8-16-18-13/h3,7-8,11-12H,2,4-6,9-10,15H2,1H3,(H,17,20). The molecular formula is C14H23N5O. The Labute approximate surface area is 119 Å². The summed E-state index contributed by atoms with van der Waals surface area (Å²) in [6.45, 7) is 3.75. The molecule has 2 unspecified atom stereocenters. The first kappa shape index (κ1) is 14.7. The molecule has 1 aromatic heterocycles. The number of piperidine rings is 1. The minimum absolute atomic E-state index is 0.0437. The quantitative estimate of drug-likeness (QED) is 0.827. The predicted octanol–water partition coefficient (Wildman–Crippen LogP) is 0.689. The van der Waals surface area contributed by atoms with E-state index in [0.29, 0.717) is 0 Å². The molecule has 1 aromatic rings. The number of nitrogens with zero attached hydrogens (tertiary/aromatic N) is 3. The van der Waals surface area contributed by atoms with Crippen LogP contribution in [0.3, 0.4) is 0 Å². The first-order valence-electron chi connectivity index (χ1n) is 7.29. The first-order chi connectivity index (χ1) is 9.70. The lowest BCUT2D eigenvalue weighted by Gasteiger charge is -2.34. The zero-order valence-corrected chi connectivity index (χ0v) is 12.0. The molecule has 6 heteroatoms. The van der Waals surface area contributed by atoms with Crippen molar-refractivity contribution in [3.05, 3.63) is 18.3 Å². The summed E-state index contributed by atoms with van der Waals surface area (Å²) >= 11 is 0. The Morgan fingerprint density at radius 2 is 2.50 bits per heavy atom. The summed E-state index contributed by atoms with van der Waals surface area (Å²) in [5.41, 5.74) is 5.84. The third kappa shape index (κ3) is 3.90. The molecule has 6 nitrogen and oxygen atoms in total. The molecule has 0 aromatic carbocycles. The number of carbonyl (C=O) groups excluding carboxylic acids is 1. The van der Waals surface area contributed by atoms with E-state index in [1.165, 1.54) is 0 Å². The Balaban J connectivity index is 1.89. The number of aromatic nitrogens is 2. The van der Waals surface area contributed by atoms with Crippen LogP contribution < -0.4 is 16.0 Å². The molecule has 0 saturated carbocycles. The van der Waals surface area contributed by atoms with Crippen LogP contribution >= 0.6 is 0 Å². The Morgan fingerprint density at radius 1 is 1.65 bits per heavy atom.